The van der Waals surface area contributed by atoms with Crippen LogP contribution in [0.3, 0.4) is 0 Å². The Kier molecular flexibility index (Phi) is 6.38. The van der Waals surface area contributed by atoms with Gasteiger partial charge in [0.1, 0.15) is 0 Å². The number of anilines is 1. The first-order valence-electron chi connectivity index (χ1n) is 10.0. The van der Waals surface area contributed by atoms with Crippen molar-refractivity contribution in [2.75, 3.05) is 18.4 Å². The van der Waals surface area contributed by atoms with Crippen LogP contribution in [0, 0.1) is 0 Å². The normalized spacial score (nSPS) is 16.8. The molecule has 1 aliphatic rings. The van der Waals surface area contributed by atoms with Gasteiger partial charge in [-0.05, 0) is 36.2 Å². The predicted octanol–water partition coefficient (Wildman–Crippen LogP) is 4.94. The molecule has 1 saturated heterocycles. The van der Waals surface area contributed by atoms with E-state index in [9.17, 15) is 18.0 Å². The Balaban J connectivity index is 1.42. The van der Waals surface area contributed by atoms with Gasteiger partial charge < -0.3 is 10.6 Å². The summed E-state index contributed by atoms with van der Waals surface area (Å²) in [6, 6.07) is 14.9. The van der Waals surface area contributed by atoms with Crippen LogP contribution in [-0.4, -0.2) is 39.8 Å². The lowest BCUT2D eigenvalue weighted by Gasteiger charge is -2.17. The number of amides is 2. The van der Waals surface area contributed by atoms with Crippen molar-refractivity contribution < 1.29 is 18.0 Å². The molecule has 4 rings (SSSR count). The van der Waals surface area contributed by atoms with E-state index < -0.39 is 23.6 Å². The number of nitrogens with one attached hydrogen (secondary N) is 2. The number of rotatable bonds is 5. The van der Waals surface area contributed by atoms with Crippen molar-refractivity contribution in [1.29, 1.82) is 0 Å². The molecule has 3 aromatic rings. The monoisotopic (exact) mass is 463 g/mol. The number of hydrogen-bond acceptors (Lipinski definition) is 3. The van der Waals surface area contributed by atoms with Crippen LogP contribution in [0.15, 0.2) is 60.8 Å². The van der Waals surface area contributed by atoms with E-state index in [1.54, 1.807) is 0 Å². The summed E-state index contributed by atoms with van der Waals surface area (Å²) in [4.78, 5) is 14.6. The number of benzene rings is 2. The molecule has 1 aromatic heterocycles. The molecule has 2 heterocycles. The third-order valence-corrected chi connectivity index (χ3v) is 5.47. The highest BCUT2D eigenvalue weighted by Gasteiger charge is 2.39. The maximum absolute atomic E-state index is 13.8. The maximum Gasteiger partial charge on any atom is 0.435 e. The van der Waals surface area contributed by atoms with Crippen molar-refractivity contribution in [3.63, 3.8) is 0 Å². The van der Waals surface area contributed by atoms with E-state index in [0.29, 0.717) is 11.6 Å². The van der Waals surface area contributed by atoms with Gasteiger partial charge in [0.25, 0.3) is 0 Å². The van der Waals surface area contributed by atoms with Crippen molar-refractivity contribution in [2.24, 2.45) is 0 Å². The predicted molar refractivity (Wildman–Crippen MR) is 116 cm³/mol. The summed E-state index contributed by atoms with van der Waals surface area (Å²) in [5, 5.41) is 9.30. The molecular weight excluding hydrogens is 443 g/mol. The molecule has 1 unspecified atom stereocenters. The Hall–Kier alpha value is -3.04. The minimum atomic E-state index is -4.72. The number of urea groups is 1. The number of carbonyl (C=O) groups excluding carboxylic acids is 1. The molecule has 0 saturated carbocycles. The lowest BCUT2D eigenvalue weighted by molar-refractivity contribution is -0.142. The standard InChI is InChI=1S/C22H21ClF3N5O/c23-16-6-8-18(9-7-16)31-20(22(24,25)26)19(12-27-31)29-21(32)28-17-10-11-30(14-17)13-15-4-2-1-3-5-15/h1-9,12,17H,10-11,13-14H2,(H2,28,29,32). The van der Waals surface area contributed by atoms with E-state index in [0.717, 1.165) is 30.4 Å². The van der Waals surface area contributed by atoms with Crippen LogP contribution in [0.25, 0.3) is 5.69 Å². The molecule has 0 bridgehead atoms. The zero-order chi connectivity index (χ0) is 22.7. The Labute approximate surface area is 188 Å². The highest BCUT2D eigenvalue weighted by molar-refractivity contribution is 6.30. The molecule has 10 heteroatoms. The molecule has 6 nitrogen and oxygen atoms in total. The highest BCUT2D eigenvalue weighted by atomic mass is 35.5. The summed E-state index contributed by atoms with van der Waals surface area (Å²) < 4.78 is 42.0. The number of aromatic nitrogens is 2. The quantitative estimate of drug-likeness (QED) is 0.563. The summed E-state index contributed by atoms with van der Waals surface area (Å²) in [6.45, 7) is 2.17. The fraction of sp³-hybridized carbons (Fsp3) is 0.273. The summed E-state index contributed by atoms with van der Waals surface area (Å²) in [5.41, 5.74) is -0.124. The molecule has 2 aromatic carbocycles. The number of carbonyl (C=O) groups is 1. The van der Waals surface area contributed by atoms with Gasteiger partial charge in [-0.25, -0.2) is 9.48 Å². The van der Waals surface area contributed by atoms with Crippen molar-refractivity contribution >= 4 is 23.3 Å². The van der Waals surface area contributed by atoms with Crippen LogP contribution in [0.1, 0.15) is 17.7 Å². The number of likely N-dealkylation sites (tertiary alicyclic amines) is 1. The molecule has 0 spiro atoms. The van der Waals surface area contributed by atoms with Gasteiger partial charge in [0.15, 0.2) is 5.69 Å². The molecule has 0 aliphatic carbocycles. The second kappa shape index (κ2) is 9.22. The molecule has 2 amide bonds. The van der Waals surface area contributed by atoms with Crippen molar-refractivity contribution in [2.45, 2.75) is 25.2 Å². The van der Waals surface area contributed by atoms with Gasteiger partial charge in [-0.2, -0.15) is 18.3 Å². The van der Waals surface area contributed by atoms with Crippen LogP contribution in [0.4, 0.5) is 23.7 Å². The molecule has 1 fully saturated rings. The zero-order valence-electron chi connectivity index (χ0n) is 16.9. The van der Waals surface area contributed by atoms with E-state index in [1.807, 2.05) is 30.3 Å². The van der Waals surface area contributed by atoms with Crippen LogP contribution < -0.4 is 10.6 Å². The van der Waals surface area contributed by atoms with E-state index in [2.05, 4.69) is 20.6 Å². The van der Waals surface area contributed by atoms with Gasteiger partial charge in [-0.1, -0.05) is 41.9 Å². The minimum absolute atomic E-state index is 0.153. The van der Waals surface area contributed by atoms with Gasteiger partial charge in [0.2, 0.25) is 0 Å². The maximum atomic E-state index is 13.8. The lowest BCUT2D eigenvalue weighted by atomic mass is 10.2. The first-order valence-corrected chi connectivity index (χ1v) is 10.4. The first kappa shape index (κ1) is 22.2. The minimum Gasteiger partial charge on any atom is -0.334 e. The largest absolute Gasteiger partial charge is 0.435 e. The van der Waals surface area contributed by atoms with Crippen LogP contribution in [0.5, 0.6) is 0 Å². The topological polar surface area (TPSA) is 62.2 Å². The van der Waals surface area contributed by atoms with E-state index >= 15 is 0 Å². The number of halogens is 4. The summed E-state index contributed by atoms with van der Waals surface area (Å²) in [7, 11) is 0. The SMILES string of the molecule is O=C(Nc1cnn(-c2ccc(Cl)cc2)c1C(F)(F)F)NC1CCN(Cc2ccccc2)C1. The summed E-state index contributed by atoms with van der Waals surface area (Å²) >= 11 is 5.82. The van der Waals surface area contributed by atoms with Gasteiger partial charge in [0.05, 0.1) is 17.6 Å². The molecule has 168 valence electrons. The third kappa shape index (κ3) is 5.23. The summed E-state index contributed by atoms with van der Waals surface area (Å²) in [6.07, 6.45) is -3.01. The van der Waals surface area contributed by atoms with Crippen LogP contribution in [-0.2, 0) is 12.7 Å². The van der Waals surface area contributed by atoms with E-state index in [-0.39, 0.29) is 11.7 Å². The van der Waals surface area contributed by atoms with Crippen molar-refractivity contribution in [1.82, 2.24) is 20.0 Å². The fourth-order valence-corrected chi connectivity index (χ4v) is 3.90. The molecule has 1 atom stereocenters. The van der Waals surface area contributed by atoms with Gasteiger partial charge in [0, 0.05) is 30.7 Å². The molecule has 0 radical (unpaired) electrons. The third-order valence-electron chi connectivity index (χ3n) is 5.21. The van der Waals surface area contributed by atoms with Crippen molar-refractivity contribution in [3.05, 3.63) is 77.1 Å². The fourth-order valence-electron chi connectivity index (χ4n) is 3.77. The average Bonchev–Trinajstić information content (AvgIpc) is 3.36. The second-order valence-corrected chi connectivity index (χ2v) is 8.03. The number of nitrogens with zero attached hydrogens (tertiary/aromatic N) is 3. The Morgan fingerprint density at radius 3 is 2.53 bits per heavy atom. The molecular formula is C22H21ClF3N5O. The molecule has 2 N–H and O–H groups in total. The Morgan fingerprint density at radius 1 is 1.12 bits per heavy atom. The van der Waals surface area contributed by atoms with Crippen LogP contribution in [0.2, 0.25) is 5.02 Å². The van der Waals surface area contributed by atoms with Gasteiger partial charge in [-0.3, -0.25) is 4.90 Å². The zero-order valence-corrected chi connectivity index (χ0v) is 17.7. The Bertz CT molecular complexity index is 1070. The van der Waals surface area contributed by atoms with E-state index in [1.165, 1.54) is 29.8 Å². The highest BCUT2D eigenvalue weighted by Crippen LogP contribution is 2.36. The van der Waals surface area contributed by atoms with Gasteiger partial charge in [-0.15, -0.1) is 0 Å². The smallest absolute Gasteiger partial charge is 0.334 e. The Morgan fingerprint density at radius 2 is 1.84 bits per heavy atom. The average molecular weight is 464 g/mol. The summed E-state index contributed by atoms with van der Waals surface area (Å²) in [5.74, 6) is 0. The van der Waals surface area contributed by atoms with Crippen LogP contribution >= 0.6 is 11.6 Å². The van der Waals surface area contributed by atoms with Crippen molar-refractivity contribution in [3.8, 4) is 5.69 Å². The first-order chi connectivity index (χ1) is 15.3. The molecule has 32 heavy (non-hydrogen) atoms. The number of hydrogen-bond donors (Lipinski definition) is 2. The van der Waals surface area contributed by atoms with Gasteiger partial charge >= 0.3 is 12.2 Å². The second-order valence-electron chi connectivity index (χ2n) is 7.60. The molecule has 1 aliphatic heterocycles. The van der Waals surface area contributed by atoms with E-state index in [4.69, 9.17) is 11.6 Å². The lowest BCUT2D eigenvalue weighted by Crippen LogP contribution is -2.39. The number of alkyl halides is 3.